The van der Waals surface area contributed by atoms with Crippen LogP contribution in [-0.4, -0.2) is 31.7 Å². The summed E-state index contributed by atoms with van der Waals surface area (Å²) in [5.41, 5.74) is 0. The van der Waals surface area contributed by atoms with E-state index in [1.807, 2.05) is 0 Å². The first kappa shape index (κ1) is 14.3. The Labute approximate surface area is 99.1 Å². The first-order chi connectivity index (χ1) is 7.97. The van der Waals surface area contributed by atoms with Crippen molar-refractivity contribution in [2.75, 3.05) is 19.6 Å². The molecule has 0 atom stereocenters. The number of hydrogen-bond donors (Lipinski definition) is 2. The van der Waals surface area contributed by atoms with Crippen LogP contribution >= 0.6 is 0 Å². The lowest BCUT2D eigenvalue weighted by atomic mass is 9.89. The molecule has 0 heterocycles. The van der Waals surface area contributed by atoms with Gasteiger partial charge in [0.25, 0.3) is 0 Å². The largest absolute Gasteiger partial charge is 0.401 e. The highest BCUT2D eigenvalue weighted by Gasteiger charge is 2.26. The molecule has 0 aliphatic heterocycles. The predicted octanol–water partition coefficient (Wildman–Crippen LogP) is 1.83. The lowest BCUT2D eigenvalue weighted by molar-refractivity contribution is -0.128. The average Bonchev–Trinajstić information content (AvgIpc) is 2.26. The van der Waals surface area contributed by atoms with Gasteiger partial charge in [0.05, 0.1) is 13.1 Å². The zero-order valence-electron chi connectivity index (χ0n) is 9.78. The standard InChI is InChI=1S/C11H19F3N2O/c12-11(13,14)8-15-7-10(17)16-6-9-4-2-1-3-5-9/h9,15H,1-8H2,(H,16,17). The maximum absolute atomic E-state index is 11.8. The van der Waals surface area contributed by atoms with Gasteiger partial charge in [-0.3, -0.25) is 4.79 Å². The zero-order chi connectivity index (χ0) is 12.7. The van der Waals surface area contributed by atoms with Crippen molar-refractivity contribution < 1.29 is 18.0 Å². The first-order valence-corrected chi connectivity index (χ1v) is 6.01. The lowest BCUT2D eigenvalue weighted by Gasteiger charge is -2.21. The zero-order valence-corrected chi connectivity index (χ0v) is 9.78. The van der Waals surface area contributed by atoms with Crippen LogP contribution in [0.5, 0.6) is 0 Å². The number of carbonyl (C=O) groups is 1. The summed E-state index contributed by atoms with van der Waals surface area (Å²) in [5.74, 6) is 0.134. The molecule has 0 saturated heterocycles. The average molecular weight is 252 g/mol. The Morgan fingerprint density at radius 2 is 1.82 bits per heavy atom. The SMILES string of the molecule is O=C(CNCC(F)(F)F)NCC1CCCCC1. The van der Waals surface area contributed by atoms with Crippen LogP contribution in [0, 0.1) is 5.92 Å². The summed E-state index contributed by atoms with van der Waals surface area (Å²) in [4.78, 5) is 11.2. The number of rotatable bonds is 5. The summed E-state index contributed by atoms with van der Waals surface area (Å²) in [5, 5.41) is 4.75. The monoisotopic (exact) mass is 252 g/mol. The van der Waals surface area contributed by atoms with Gasteiger partial charge >= 0.3 is 6.18 Å². The van der Waals surface area contributed by atoms with Gasteiger partial charge in [-0.15, -0.1) is 0 Å². The van der Waals surface area contributed by atoms with Crippen LogP contribution in [0.1, 0.15) is 32.1 Å². The molecule has 0 unspecified atom stereocenters. The van der Waals surface area contributed by atoms with Crippen LogP contribution in [0.3, 0.4) is 0 Å². The number of nitrogens with one attached hydrogen (secondary N) is 2. The van der Waals surface area contributed by atoms with Crippen molar-refractivity contribution in [1.29, 1.82) is 0 Å². The van der Waals surface area contributed by atoms with Gasteiger partial charge in [-0.25, -0.2) is 0 Å². The molecule has 0 aromatic rings. The summed E-state index contributed by atoms with van der Waals surface area (Å²) in [6.07, 6.45) is 1.58. The quantitative estimate of drug-likeness (QED) is 0.784. The number of carbonyl (C=O) groups excluding carboxylic acids is 1. The van der Waals surface area contributed by atoms with Crippen molar-refractivity contribution in [2.24, 2.45) is 5.92 Å². The highest BCUT2D eigenvalue weighted by Crippen LogP contribution is 2.22. The fourth-order valence-corrected chi connectivity index (χ4v) is 2.03. The van der Waals surface area contributed by atoms with Crippen molar-refractivity contribution >= 4 is 5.91 Å². The molecular weight excluding hydrogens is 233 g/mol. The molecule has 1 aliphatic rings. The van der Waals surface area contributed by atoms with E-state index in [4.69, 9.17) is 0 Å². The van der Waals surface area contributed by atoms with Crippen LogP contribution in [0.15, 0.2) is 0 Å². The summed E-state index contributed by atoms with van der Waals surface area (Å²) in [7, 11) is 0. The summed E-state index contributed by atoms with van der Waals surface area (Å²) >= 11 is 0. The van der Waals surface area contributed by atoms with Gasteiger partial charge in [-0.1, -0.05) is 19.3 Å². The summed E-state index contributed by atoms with van der Waals surface area (Å²) in [6, 6.07) is 0. The van der Waals surface area contributed by atoms with Crippen LogP contribution in [-0.2, 0) is 4.79 Å². The minimum absolute atomic E-state index is 0.272. The third-order valence-corrected chi connectivity index (χ3v) is 2.92. The molecule has 1 saturated carbocycles. The Morgan fingerprint density at radius 3 is 2.41 bits per heavy atom. The third kappa shape index (κ3) is 7.20. The topological polar surface area (TPSA) is 41.1 Å². The van der Waals surface area contributed by atoms with Gasteiger partial charge < -0.3 is 10.6 Å². The molecule has 3 nitrogen and oxygen atoms in total. The molecule has 6 heteroatoms. The minimum Gasteiger partial charge on any atom is -0.355 e. The molecule has 1 amide bonds. The Balaban J connectivity index is 2.04. The van der Waals surface area contributed by atoms with Gasteiger partial charge in [-0.05, 0) is 18.8 Å². The maximum atomic E-state index is 11.8. The van der Waals surface area contributed by atoms with Crippen LogP contribution in [0.4, 0.5) is 13.2 Å². The second-order valence-corrected chi connectivity index (χ2v) is 4.53. The van der Waals surface area contributed by atoms with E-state index in [1.54, 1.807) is 0 Å². The fourth-order valence-electron chi connectivity index (χ4n) is 2.03. The van der Waals surface area contributed by atoms with Gasteiger partial charge in [0.15, 0.2) is 0 Å². The van der Waals surface area contributed by atoms with E-state index in [1.165, 1.54) is 19.3 Å². The Morgan fingerprint density at radius 1 is 1.18 bits per heavy atom. The Bertz CT molecular complexity index is 237. The van der Waals surface area contributed by atoms with E-state index in [-0.39, 0.29) is 12.5 Å². The van der Waals surface area contributed by atoms with Crippen LogP contribution in [0.25, 0.3) is 0 Å². The second kappa shape index (κ2) is 6.83. The van der Waals surface area contributed by atoms with E-state index in [0.717, 1.165) is 12.8 Å². The lowest BCUT2D eigenvalue weighted by Crippen LogP contribution is -2.40. The van der Waals surface area contributed by atoms with E-state index in [9.17, 15) is 18.0 Å². The normalized spacial score (nSPS) is 18.1. The third-order valence-electron chi connectivity index (χ3n) is 2.92. The minimum atomic E-state index is -4.26. The summed E-state index contributed by atoms with van der Waals surface area (Å²) < 4.78 is 35.4. The molecule has 0 aromatic carbocycles. The number of amides is 1. The molecular formula is C11H19F3N2O. The molecule has 0 aromatic heterocycles. The molecule has 1 aliphatic carbocycles. The maximum Gasteiger partial charge on any atom is 0.401 e. The van der Waals surface area contributed by atoms with Gasteiger partial charge in [0.2, 0.25) is 5.91 Å². The van der Waals surface area contributed by atoms with E-state index >= 15 is 0 Å². The van der Waals surface area contributed by atoms with Crippen molar-refractivity contribution in [3.8, 4) is 0 Å². The van der Waals surface area contributed by atoms with Crippen molar-refractivity contribution in [3.05, 3.63) is 0 Å². The molecule has 0 spiro atoms. The van der Waals surface area contributed by atoms with Crippen molar-refractivity contribution in [3.63, 3.8) is 0 Å². The van der Waals surface area contributed by atoms with Crippen LogP contribution in [0.2, 0.25) is 0 Å². The van der Waals surface area contributed by atoms with Gasteiger partial charge in [0.1, 0.15) is 0 Å². The Hall–Kier alpha value is -0.780. The number of halogens is 3. The Kier molecular flexibility index (Phi) is 5.74. The molecule has 100 valence electrons. The molecule has 2 N–H and O–H groups in total. The molecule has 17 heavy (non-hydrogen) atoms. The smallest absolute Gasteiger partial charge is 0.355 e. The predicted molar refractivity (Wildman–Crippen MR) is 58.5 cm³/mol. The first-order valence-electron chi connectivity index (χ1n) is 6.01. The molecule has 1 fully saturated rings. The molecule has 0 bridgehead atoms. The van der Waals surface area contributed by atoms with E-state index in [2.05, 4.69) is 10.6 Å². The highest BCUT2D eigenvalue weighted by molar-refractivity contribution is 5.77. The molecule has 1 rings (SSSR count). The van der Waals surface area contributed by atoms with Gasteiger partial charge in [0, 0.05) is 6.54 Å². The van der Waals surface area contributed by atoms with Gasteiger partial charge in [-0.2, -0.15) is 13.2 Å². The second-order valence-electron chi connectivity index (χ2n) is 4.53. The fraction of sp³-hybridized carbons (Fsp3) is 0.909. The highest BCUT2D eigenvalue weighted by atomic mass is 19.4. The van der Waals surface area contributed by atoms with E-state index < -0.39 is 12.7 Å². The van der Waals surface area contributed by atoms with Crippen LogP contribution < -0.4 is 10.6 Å². The van der Waals surface area contributed by atoms with E-state index in [0.29, 0.717) is 12.5 Å². The number of alkyl halides is 3. The molecule has 0 radical (unpaired) electrons. The number of hydrogen-bond acceptors (Lipinski definition) is 2. The van der Waals surface area contributed by atoms with Crippen molar-refractivity contribution in [2.45, 2.75) is 38.3 Å². The summed E-state index contributed by atoms with van der Waals surface area (Å²) in [6.45, 7) is -0.803. The van der Waals surface area contributed by atoms with Crippen molar-refractivity contribution in [1.82, 2.24) is 10.6 Å².